The second-order valence-corrected chi connectivity index (χ2v) is 7.95. The Morgan fingerprint density at radius 2 is 2.00 bits per heavy atom. The van der Waals surface area contributed by atoms with E-state index in [1.54, 1.807) is 6.33 Å². The molecule has 3 heterocycles. The molecule has 7 heteroatoms. The molecule has 0 saturated carbocycles. The van der Waals surface area contributed by atoms with Crippen LogP contribution in [0.25, 0.3) is 11.1 Å². The molecule has 1 aliphatic heterocycles. The van der Waals surface area contributed by atoms with Crippen LogP contribution in [0.1, 0.15) is 30.7 Å². The van der Waals surface area contributed by atoms with Crippen LogP contribution in [0, 0.1) is 6.92 Å². The van der Waals surface area contributed by atoms with Crippen molar-refractivity contribution in [2.24, 2.45) is 0 Å². The number of ether oxygens (including phenoxy) is 1. The lowest BCUT2D eigenvalue weighted by Crippen LogP contribution is -2.27. The third-order valence-corrected chi connectivity index (χ3v) is 5.92. The number of hydrogen-bond donors (Lipinski definition) is 1. The van der Waals surface area contributed by atoms with Gasteiger partial charge in [0.05, 0.1) is 17.7 Å². The van der Waals surface area contributed by atoms with Gasteiger partial charge in [-0.05, 0) is 44.0 Å². The van der Waals surface area contributed by atoms with Crippen molar-refractivity contribution in [2.45, 2.75) is 33.7 Å². The first-order valence-corrected chi connectivity index (χ1v) is 11.0. The molecule has 4 rings (SSSR count). The van der Waals surface area contributed by atoms with E-state index >= 15 is 0 Å². The fraction of sp³-hybridized carbons (Fsp3) is 0.348. The Kier molecular flexibility index (Phi) is 6.14. The Morgan fingerprint density at radius 3 is 2.80 bits per heavy atom. The van der Waals surface area contributed by atoms with Gasteiger partial charge in [0, 0.05) is 41.7 Å². The highest BCUT2D eigenvalue weighted by molar-refractivity contribution is 7.27. The van der Waals surface area contributed by atoms with E-state index in [0.717, 1.165) is 76.7 Å². The minimum atomic E-state index is 0.630. The number of pyridine rings is 1. The first-order valence-electron chi connectivity index (χ1n) is 10.4. The van der Waals surface area contributed by atoms with E-state index in [2.05, 4.69) is 79.4 Å². The highest BCUT2D eigenvalue weighted by atomic mass is 31.0. The van der Waals surface area contributed by atoms with Crippen molar-refractivity contribution in [2.75, 3.05) is 29.9 Å². The number of benzene rings is 1. The van der Waals surface area contributed by atoms with Gasteiger partial charge in [0.15, 0.2) is 0 Å². The molecule has 6 nitrogen and oxygen atoms in total. The highest BCUT2D eigenvalue weighted by Crippen LogP contribution is 2.32. The van der Waals surface area contributed by atoms with Crippen LogP contribution in [-0.2, 0) is 13.0 Å². The summed E-state index contributed by atoms with van der Waals surface area (Å²) < 4.78 is 6.05. The van der Waals surface area contributed by atoms with E-state index < -0.39 is 0 Å². The van der Waals surface area contributed by atoms with Crippen LogP contribution < -0.4 is 20.4 Å². The average Bonchev–Trinajstić information content (AvgIpc) is 2.97. The molecule has 1 aliphatic rings. The maximum Gasteiger partial charge on any atom is 0.135 e. The highest BCUT2D eigenvalue weighted by Gasteiger charge is 2.20. The quantitative estimate of drug-likeness (QED) is 0.634. The number of fused-ring (bicyclic) bond motifs is 1. The van der Waals surface area contributed by atoms with Crippen molar-refractivity contribution >= 4 is 26.2 Å². The van der Waals surface area contributed by atoms with Gasteiger partial charge >= 0.3 is 0 Å². The molecule has 2 aromatic heterocycles. The number of anilines is 2. The van der Waals surface area contributed by atoms with Crippen molar-refractivity contribution in [1.82, 2.24) is 15.0 Å². The summed E-state index contributed by atoms with van der Waals surface area (Å²) in [5.41, 5.74) is 7.58. The summed E-state index contributed by atoms with van der Waals surface area (Å²) in [6.07, 6.45) is 4.49. The fourth-order valence-electron chi connectivity index (χ4n) is 3.87. The van der Waals surface area contributed by atoms with Crippen molar-refractivity contribution in [3.05, 3.63) is 53.6 Å². The lowest BCUT2D eigenvalue weighted by molar-refractivity contribution is 0.331. The van der Waals surface area contributed by atoms with Crippen molar-refractivity contribution in [3.8, 4) is 16.9 Å². The van der Waals surface area contributed by atoms with Crippen molar-refractivity contribution in [1.29, 1.82) is 0 Å². The summed E-state index contributed by atoms with van der Waals surface area (Å²) in [6.45, 7) is 9.35. The summed E-state index contributed by atoms with van der Waals surface area (Å²) in [6, 6.07) is 8.53. The molecule has 1 atom stereocenters. The predicted molar refractivity (Wildman–Crippen MR) is 126 cm³/mol. The summed E-state index contributed by atoms with van der Waals surface area (Å²) in [5.74, 6) is 1.93. The first-order chi connectivity index (χ1) is 14.6. The van der Waals surface area contributed by atoms with Crippen LogP contribution in [0.5, 0.6) is 5.75 Å². The number of nitrogens with zero attached hydrogens (tertiary/aromatic N) is 4. The Hall–Kier alpha value is -2.72. The van der Waals surface area contributed by atoms with Crippen molar-refractivity contribution in [3.63, 3.8) is 0 Å². The van der Waals surface area contributed by atoms with Gasteiger partial charge in [0.2, 0.25) is 0 Å². The maximum atomic E-state index is 6.05. The van der Waals surface area contributed by atoms with Crippen LogP contribution in [0.3, 0.4) is 0 Å². The molecule has 1 N–H and O–H groups in total. The molecule has 3 aromatic rings. The number of rotatable bonds is 5. The second-order valence-electron chi connectivity index (χ2n) is 7.40. The maximum absolute atomic E-state index is 6.05. The predicted octanol–water partition coefficient (Wildman–Crippen LogP) is 3.74. The van der Waals surface area contributed by atoms with E-state index in [9.17, 15) is 0 Å². The molecule has 1 unspecified atom stereocenters. The molecule has 0 spiro atoms. The third kappa shape index (κ3) is 4.10. The van der Waals surface area contributed by atoms with Gasteiger partial charge in [0.25, 0.3) is 0 Å². The van der Waals surface area contributed by atoms with Crippen LogP contribution in [0.15, 0.2) is 36.8 Å². The standard InChI is InChI=1S/C23H28N5OP/c1-4-19-15(3)22(27-14-26-19)28-8-9-29-21-7-6-16(10-18(21)13-28)17-11-20(24-5-2)23(30)25-12-17/h6-7,10-12,14,24H,4-5,8-9,13,30H2,1-3H3. The Balaban J connectivity index is 1.68. The summed E-state index contributed by atoms with van der Waals surface area (Å²) in [4.78, 5) is 15.8. The lowest BCUT2D eigenvalue weighted by atomic mass is 10.0. The van der Waals surface area contributed by atoms with E-state index in [4.69, 9.17) is 4.74 Å². The number of aromatic nitrogens is 3. The van der Waals surface area contributed by atoms with Crippen LogP contribution >= 0.6 is 9.24 Å². The van der Waals surface area contributed by atoms with Gasteiger partial charge in [-0.1, -0.05) is 22.2 Å². The molecule has 30 heavy (non-hydrogen) atoms. The van der Waals surface area contributed by atoms with Gasteiger partial charge in [-0.3, -0.25) is 4.98 Å². The van der Waals surface area contributed by atoms with Gasteiger partial charge < -0.3 is 15.0 Å². The molecular formula is C23H28N5OP. The zero-order chi connectivity index (χ0) is 21.1. The monoisotopic (exact) mass is 421 g/mol. The molecule has 0 radical (unpaired) electrons. The zero-order valence-electron chi connectivity index (χ0n) is 17.8. The average molecular weight is 421 g/mol. The molecule has 0 aliphatic carbocycles. The fourth-order valence-corrected chi connectivity index (χ4v) is 4.13. The number of nitrogens with one attached hydrogen (secondary N) is 1. The smallest absolute Gasteiger partial charge is 0.135 e. The van der Waals surface area contributed by atoms with E-state index in [0.29, 0.717) is 6.61 Å². The summed E-state index contributed by atoms with van der Waals surface area (Å²) >= 11 is 0. The number of hydrogen-bond acceptors (Lipinski definition) is 6. The molecule has 1 aromatic carbocycles. The Bertz CT molecular complexity index is 1060. The third-order valence-electron chi connectivity index (χ3n) is 5.46. The molecule has 156 valence electrons. The zero-order valence-corrected chi connectivity index (χ0v) is 18.9. The molecule has 0 fully saturated rings. The van der Waals surface area contributed by atoms with Gasteiger partial charge in [-0.15, -0.1) is 0 Å². The largest absolute Gasteiger partial charge is 0.491 e. The topological polar surface area (TPSA) is 63.2 Å². The first kappa shape index (κ1) is 20.5. The van der Waals surface area contributed by atoms with E-state index in [1.165, 1.54) is 0 Å². The van der Waals surface area contributed by atoms with Gasteiger partial charge in [-0.2, -0.15) is 0 Å². The molecule has 0 amide bonds. The lowest BCUT2D eigenvalue weighted by Gasteiger charge is -2.23. The summed E-state index contributed by atoms with van der Waals surface area (Å²) in [7, 11) is 2.69. The number of aryl methyl sites for hydroxylation is 1. The van der Waals surface area contributed by atoms with Crippen LogP contribution in [-0.4, -0.2) is 34.6 Å². The van der Waals surface area contributed by atoms with Crippen molar-refractivity contribution < 1.29 is 4.74 Å². The summed E-state index contributed by atoms with van der Waals surface area (Å²) in [5, 5.41) is 3.37. The SMILES string of the molecule is CCNc1cc(-c2ccc3c(c2)CN(c2ncnc(CC)c2C)CCO3)cnc1P. The van der Waals surface area contributed by atoms with Crippen LogP contribution in [0.4, 0.5) is 11.5 Å². The molecular weight excluding hydrogens is 393 g/mol. The van der Waals surface area contributed by atoms with Gasteiger partial charge in [0.1, 0.15) is 24.5 Å². The molecule has 0 bridgehead atoms. The van der Waals surface area contributed by atoms with E-state index in [1.807, 2.05) is 6.20 Å². The normalized spacial score (nSPS) is 13.4. The van der Waals surface area contributed by atoms with E-state index in [-0.39, 0.29) is 0 Å². The molecule has 0 saturated heterocycles. The minimum absolute atomic E-state index is 0.630. The second kappa shape index (κ2) is 8.97. The minimum Gasteiger partial charge on any atom is -0.491 e. The van der Waals surface area contributed by atoms with Crippen LogP contribution in [0.2, 0.25) is 0 Å². The van der Waals surface area contributed by atoms with Gasteiger partial charge in [-0.25, -0.2) is 9.97 Å². The Labute approximate surface area is 180 Å². The Morgan fingerprint density at radius 1 is 1.13 bits per heavy atom.